The predicted octanol–water partition coefficient (Wildman–Crippen LogP) is 2.65. The third kappa shape index (κ3) is 3.08. The number of rotatable bonds is 5. The van der Waals surface area contributed by atoms with E-state index in [1.807, 2.05) is 0 Å². The Morgan fingerprint density at radius 1 is 1.25 bits per heavy atom. The molecule has 0 aromatic carbocycles. The smallest absolute Gasteiger partial charge is 0.112 e. The quantitative estimate of drug-likeness (QED) is 0.807. The van der Waals surface area contributed by atoms with Gasteiger partial charge in [0.1, 0.15) is 5.82 Å². The molecule has 92 valence electrons. The lowest BCUT2D eigenvalue weighted by atomic mass is 9.96. The number of hydrogen-bond donors (Lipinski definition) is 2. The van der Waals surface area contributed by atoms with Crippen LogP contribution in [-0.4, -0.2) is 21.7 Å². The molecule has 0 aliphatic rings. The fourth-order valence-corrected chi connectivity index (χ4v) is 1.90. The monoisotopic (exact) mass is 224 g/mol. The predicted molar refractivity (Wildman–Crippen MR) is 66.5 cm³/mol. The standard InChI is InChI=1S/C13H24N2O/c1-8(2)6-12-10(5)14-13(15-12)11(7-16)9(3)4/h8-9,11,16H,6-7H2,1-5H3,(H,14,15). The van der Waals surface area contributed by atoms with Crippen molar-refractivity contribution in [1.82, 2.24) is 9.97 Å². The van der Waals surface area contributed by atoms with Crippen molar-refractivity contribution in [3.8, 4) is 0 Å². The molecule has 0 radical (unpaired) electrons. The number of aromatic nitrogens is 2. The number of aliphatic hydroxyl groups excluding tert-OH is 1. The Morgan fingerprint density at radius 3 is 2.31 bits per heavy atom. The SMILES string of the molecule is Cc1[nH]c(C(CO)C(C)C)nc1CC(C)C. The van der Waals surface area contributed by atoms with Crippen LogP contribution in [0.5, 0.6) is 0 Å². The molecule has 0 saturated carbocycles. The summed E-state index contributed by atoms with van der Waals surface area (Å²) in [6.07, 6.45) is 0.999. The fourth-order valence-electron chi connectivity index (χ4n) is 1.90. The molecule has 0 aliphatic heterocycles. The van der Waals surface area contributed by atoms with Crippen molar-refractivity contribution in [2.24, 2.45) is 11.8 Å². The number of nitrogens with zero attached hydrogens (tertiary/aromatic N) is 1. The Bertz CT molecular complexity index is 329. The molecule has 0 bridgehead atoms. The normalized spacial score (nSPS) is 13.8. The van der Waals surface area contributed by atoms with Gasteiger partial charge < -0.3 is 10.1 Å². The highest BCUT2D eigenvalue weighted by Gasteiger charge is 2.19. The van der Waals surface area contributed by atoms with Crippen LogP contribution in [-0.2, 0) is 6.42 Å². The molecule has 1 atom stereocenters. The Kier molecular flexibility index (Phi) is 4.54. The van der Waals surface area contributed by atoms with E-state index in [0.717, 1.165) is 23.6 Å². The van der Waals surface area contributed by atoms with Gasteiger partial charge in [-0.25, -0.2) is 4.98 Å². The molecule has 16 heavy (non-hydrogen) atoms. The Hall–Kier alpha value is -0.830. The number of nitrogens with one attached hydrogen (secondary N) is 1. The number of hydrogen-bond acceptors (Lipinski definition) is 2. The van der Waals surface area contributed by atoms with Crippen LogP contribution in [0.25, 0.3) is 0 Å². The summed E-state index contributed by atoms with van der Waals surface area (Å²) in [7, 11) is 0. The van der Waals surface area contributed by atoms with Gasteiger partial charge in [0.05, 0.1) is 12.3 Å². The minimum atomic E-state index is 0.125. The minimum Gasteiger partial charge on any atom is -0.396 e. The second-order valence-electron chi connectivity index (χ2n) is 5.32. The van der Waals surface area contributed by atoms with Crippen LogP contribution < -0.4 is 0 Å². The molecule has 0 fully saturated rings. The van der Waals surface area contributed by atoms with Gasteiger partial charge in [0.25, 0.3) is 0 Å². The first kappa shape index (κ1) is 13.2. The molecule has 2 N–H and O–H groups in total. The molecule has 0 saturated heterocycles. The van der Waals surface area contributed by atoms with Crippen LogP contribution in [0.4, 0.5) is 0 Å². The fraction of sp³-hybridized carbons (Fsp3) is 0.769. The molecular weight excluding hydrogens is 200 g/mol. The average molecular weight is 224 g/mol. The summed E-state index contributed by atoms with van der Waals surface area (Å²) >= 11 is 0. The van der Waals surface area contributed by atoms with E-state index in [2.05, 4.69) is 44.6 Å². The summed E-state index contributed by atoms with van der Waals surface area (Å²) in [6, 6.07) is 0. The topological polar surface area (TPSA) is 48.9 Å². The summed E-state index contributed by atoms with van der Waals surface area (Å²) in [5.74, 6) is 2.08. The summed E-state index contributed by atoms with van der Waals surface area (Å²) in [5.41, 5.74) is 2.28. The van der Waals surface area contributed by atoms with Gasteiger partial charge >= 0.3 is 0 Å². The van der Waals surface area contributed by atoms with E-state index in [1.54, 1.807) is 0 Å². The van der Waals surface area contributed by atoms with Crippen LogP contribution in [0, 0.1) is 18.8 Å². The van der Waals surface area contributed by atoms with Crippen LogP contribution in [0.3, 0.4) is 0 Å². The maximum Gasteiger partial charge on any atom is 0.112 e. The molecule has 1 unspecified atom stereocenters. The van der Waals surface area contributed by atoms with E-state index >= 15 is 0 Å². The average Bonchev–Trinajstić information content (AvgIpc) is 2.47. The van der Waals surface area contributed by atoms with Crippen LogP contribution in [0.2, 0.25) is 0 Å². The molecule has 1 rings (SSSR count). The second-order valence-corrected chi connectivity index (χ2v) is 5.32. The van der Waals surface area contributed by atoms with E-state index in [4.69, 9.17) is 0 Å². The van der Waals surface area contributed by atoms with E-state index in [-0.39, 0.29) is 12.5 Å². The zero-order valence-electron chi connectivity index (χ0n) is 11.0. The van der Waals surface area contributed by atoms with Gasteiger partial charge in [-0.1, -0.05) is 27.7 Å². The van der Waals surface area contributed by atoms with Crippen LogP contribution in [0.15, 0.2) is 0 Å². The summed E-state index contributed by atoms with van der Waals surface area (Å²) in [6.45, 7) is 10.8. The summed E-state index contributed by atoms with van der Waals surface area (Å²) in [5, 5.41) is 9.37. The van der Waals surface area contributed by atoms with Gasteiger partial charge in [-0.05, 0) is 25.2 Å². The van der Waals surface area contributed by atoms with Gasteiger partial charge in [-0.3, -0.25) is 0 Å². The third-order valence-corrected chi connectivity index (χ3v) is 2.96. The molecule has 1 heterocycles. The molecule has 0 amide bonds. The lowest BCUT2D eigenvalue weighted by Crippen LogP contribution is -2.13. The first-order valence-electron chi connectivity index (χ1n) is 6.11. The highest BCUT2D eigenvalue weighted by atomic mass is 16.3. The molecule has 0 spiro atoms. The Balaban J connectivity index is 2.90. The third-order valence-electron chi connectivity index (χ3n) is 2.96. The van der Waals surface area contributed by atoms with Crippen molar-refractivity contribution in [3.05, 3.63) is 17.2 Å². The Morgan fingerprint density at radius 2 is 1.88 bits per heavy atom. The number of H-pyrrole nitrogens is 1. The van der Waals surface area contributed by atoms with Gasteiger partial charge in [-0.15, -0.1) is 0 Å². The van der Waals surface area contributed by atoms with E-state index in [9.17, 15) is 5.11 Å². The highest BCUT2D eigenvalue weighted by Crippen LogP contribution is 2.23. The number of aromatic amines is 1. The molecule has 3 heteroatoms. The lowest BCUT2D eigenvalue weighted by molar-refractivity contribution is 0.232. The molecule has 1 aromatic rings. The zero-order chi connectivity index (χ0) is 12.3. The van der Waals surface area contributed by atoms with E-state index in [0.29, 0.717) is 11.8 Å². The molecule has 0 aliphatic carbocycles. The first-order chi connectivity index (χ1) is 7.45. The summed E-state index contributed by atoms with van der Waals surface area (Å²) < 4.78 is 0. The number of imidazole rings is 1. The number of aliphatic hydroxyl groups is 1. The van der Waals surface area contributed by atoms with Crippen molar-refractivity contribution < 1.29 is 5.11 Å². The van der Waals surface area contributed by atoms with Crippen molar-refractivity contribution in [2.45, 2.75) is 47.0 Å². The molecule has 3 nitrogen and oxygen atoms in total. The van der Waals surface area contributed by atoms with Gasteiger partial charge in [-0.2, -0.15) is 0 Å². The molecule has 1 aromatic heterocycles. The largest absolute Gasteiger partial charge is 0.396 e. The second kappa shape index (κ2) is 5.48. The maximum atomic E-state index is 9.37. The lowest BCUT2D eigenvalue weighted by Gasteiger charge is -2.15. The highest BCUT2D eigenvalue weighted by molar-refractivity contribution is 5.16. The van der Waals surface area contributed by atoms with Crippen molar-refractivity contribution in [1.29, 1.82) is 0 Å². The minimum absolute atomic E-state index is 0.125. The molecular formula is C13H24N2O. The first-order valence-corrected chi connectivity index (χ1v) is 6.11. The van der Waals surface area contributed by atoms with Crippen LogP contribution in [0.1, 0.15) is 50.8 Å². The zero-order valence-corrected chi connectivity index (χ0v) is 11.0. The van der Waals surface area contributed by atoms with Crippen molar-refractivity contribution in [3.63, 3.8) is 0 Å². The maximum absolute atomic E-state index is 9.37. The number of aryl methyl sites for hydroxylation is 1. The summed E-state index contributed by atoms with van der Waals surface area (Å²) in [4.78, 5) is 7.94. The van der Waals surface area contributed by atoms with Crippen molar-refractivity contribution in [2.75, 3.05) is 6.61 Å². The van der Waals surface area contributed by atoms with E-state index in [1.165, 1.54) is 0 Å². The van der Waals surface area contributed by atoms with Gasteiger partial charge in [0, 0.05) is 11.6 Å². The van der Waals surface area contributed by atoms with Gasteiger partial charge in [0.2, 0.25) is 0 Å². The Labute approximate surface area is 98.3 Å². The van der Waals surface area contributed by atoms with E-state index < -0.39 is 0 Å². The van der Waals surface area contributed by atoms with Gasteiger partial charge in [0.15, 0.2) is 0 Å². The van der Waals surface area contributed by atoms with Crippen molar-refractivity contribution >= 4 is 0 Å². The van der Waals surface area contributed by atoms with Crippen LogP contribution >= 0.6 is 0 Å².